The first-order valence-corrected chi connectivity index (χ1v) is 10.7. The Balaban J connectivity index is 1.68. The van der Waals surface area contributed by atoms with Crippen molar-refractivity contribution in [2.45, 2.75) is 25.2 Å². The number of nitrogens with zero attached hydrogens (tertiary/aromatic N) is 6. The number of hydrogen-bond acceptors (Lipinski definition) is 8. The molecule has 10 heteroatoms. The minimum atomic E-state index is -3.34. The fraction of sp³-hybridized carbons (Fsp3) is 0.389. The van der Waals surface area contributed by atoms with Gasteiger partial charge in [-0.1, -0.05) is 18.1 Å². The van der Waals surface area contributed by atoms with Gasteiger partial charge in [0.05, 0.1) is 17.9 Å². The summed E-state index contributed by atoms with van der Waals surface area (Å²) in [6.07, 6.45) is 8.69. The van der Waals surface area contributed by atoms with Crippen LogP contribution in [0.3, 0.4) is 0 Å². The van der Waals surface area contributed by atoms with Crippen molar-refractivity contribution in [3.8, 4) is 11.5 Å². The molecule has 0 spiro atoms. The van der Waals surface area contributed by atoms with Crippen LogP contribution in [0, 0.1) is 0 Å². The lowest BCUT2D eigenvalue weighted by Gasteiger charge is -2.15. The Hall–Kier alpha value is -2.72. The second-order valence-corrected chi connectivity index (χ2v) is 8.77. The minimum absolute atomic E-state index is 0.115. The van der Waals surface area contributed by atoms with E-state index < -0.39 is 10.0 Å². The van der Waals surface area contributed by atoms with Gasteiger partial charge in [0.2, 0.25) is 21.7 Å². The van der Waals surface area contributed by atoms with Gasteiger partial charge in [-0.05, 0) is 18.1 Å². The van der Waals surface area contributed by atoms with E-state index >= 15 is 0 Å². The van der Waals surface area contributed by atoms with E-state index in [4.69, 9.17) is 4.52 Å². The second-order valence-electron chi connectivity index (χ2n) is 6.68. The lowest BCUT2D eigenvalue weighted by atomic mass is 9.90. The van der Waals surface area contributed by atoms with Crippen molar-refractivity contribution in [2.24, 2.45) is 0 Å². The van der Waals surface area contributed by atoms with E-state index in [1.165, 1.54) is 4.31 Å². The summed E-state index contributed by atoms with van der Waals surface area (Å²) in [6.45, 7) is 2.51. The molecule has 0 bridgehead atoms. The molecule has 0 aromatic carbocycles. The molecule has 0 amide bonds. The number of rotatable bonds is 6. The molecule has 0 radical (unpaired) electrons. The Kier molecular flexibility index (Phi) is 5.14. The van der Waals surface area contributed by atoms with Gasteiger partial charge in [-0.2, -0.15) is 4.98 Å². The largest absolute Gasteiger partial charge is 0.339 e. The van der Waals surface area contributed by atoms with Crippen molar-refractivity contribution >= 4 is 10.0 Å². The summed E-state index contributed by atoms with van der Waals surface area (Å²) in [4.78, 5) is 16.9. The van der Waals surface area contributed by atoms with Crippen LogP contribution in [0.15, 0.2) is 47.6 Å². The Morgan fingerprint density at radius 1 is 1.14 bits per heavy atom. The molecule has 0 saturated carbocycles. The van der Waals surface area contributed by atoms with Crippen molar-refractivity contribution in [1.29, 1.82) is 0 Å². The molecule has 28 heavy (non-hydrogen) atoms. The van der Waals surface area contributed by atoms with Gasteiger partial charge in [-0.25, -0.2) is 17.7 Å². The quantitative estimate of drug-likeness (QED) is 0.616. The first-order chi connectivity index (χ1) is 13.6. The van der Waals surface area contributed by atoms with Crippen LogP contribution in [0.2, 0.25) is 0 Å². The Bertz CT molecular complexity index is 1030. The van der Waals surface area contributed by atoms with E-state index in [2.05, 4.69) is 25.1 Å². The van der Waals surface area contributed by atoms with Crippen molar-refractivity contribution in [3.63, 3.8) is 0 Å². The molecule has 1 aliphatic rings. The third-order valence-electron chi connectivity index (χ3n) is 4.81. The van der Waals surface area contributed by atoms with Crippen molar-refractivity contribution in [1.82, 2.24) is 29.4 Å². The molecule has 3 aromatic rings. The van der Waals surface area contributed by atoms with Gasteiger partial charge in [0.15, 0.2) is 0 Å². The van der Waals surface area contributed by atoms with Crippen LogP contribution in [-0.2, 0) is 10.0 Å². The van der Waals surface area contributed by atoms with Crippen LogP contribution < -0.4 is 0 Å². The van der Waals surface area contributed by atoms with Crippen LogP contribution in [0.25, 0.3) is 11.5 Å². The van der Waals surface area contributed by atoms with Crippen molar-refractivity contribution in [2.75, 3.05) is 18.8 Å². The van der Waals surface area contributed by atoms with Crippen LogP contribution in [0.5, 0.6) is 0 Å². The summed E-state index contributed by atoms with van der Waals surface area (Å²) < 4.78 is 32.3. The molecular formula is C18H20N6O3S. The molecule has 3 aromatic heterocycles. The van der Waals surface area contributed by atoms with Gasteiger partial charge in [-0.3, -0.25) is 9.97 Å². The lowest BCUT2D eigenvalue weighted by molar-refractivity contribution is 0.348. The van der Waals surface area contributed by atoms with Crippen LogP contribution in [-0.4, -0.2) is 56.7 Å². The average molecular weight is 400 g/mol. The molecule has 9 nitrogen and oxygen atoms in total. The molecule has 0 N–H and O–H groups in total. The predicted molar refractivity (Wildman–Crippen MR) is 101 cm³/mol. The van der Waals surface area contributed by atoms with Crippen LogP contribution in [0.4, 0.5) is 0 Å². The summed E-state index contributed by atoms with van der Waals surface area (Å²) in [5, 5.41) is 4.01. The van der Waals surface area contributed by atoms with Crippen molar-refractivity contribution < 1.29 is 12.9 Å². The molecule has 1 saturated heterocycles. The average Bonchev–Trinajstić information content (AvgIpc) is 3.37. The highest BCUT2D eigenvalue weighted by atomic mass is 32.2. The fourth-order valence-corrected chi connectivity index (χ4v) is 5.02. The molecular weight excluding hydrogens is 380 g/mol. The molecule has 0 unspecified atom stereocenters. The summed E-state index contributed by atoms with van der Waals surface area (Å²) in [6, 6.07) is 3.79. The first-order valence-electron chi connectivity index (χ1n) is 9.06. The zero-order chi connectivity index (χ0) is 19.6. The molecule has 2 atom stereocenters. The van der Waals surface area contributed by atoms with Gasteiger partial charge >= 0.3 is 0 Å². The first kappa shape index (κ1) is 18.6. The maximum absolute atomic E-state index is 12.6. The highest BCUT2D eigenvalue weighted by Gasteiger charge is 2.42. The molecule has 146 valence electrons. The summed E-state index contributed by atoms with van der Waals surface area (Å²) in [7, 11) is -3.34. The van der Waals surface area contributed by atoms with E-state index in [1.54, 1.807) is 31.0 Å². The third-order valence-corrected chi connectivity index (χ3v) is 6.81. The third kappa shape index (κ3) is 3.65. The zero-order valence-electron chi connectivity index (χ0n) is 15.3. The summed E-state index contributed by atoms with van der Waals surface area (Å²) >= 11 is 0. The molecule has 1 fully saturated rings. The van der Waals surface area contributed by atoms with E-state index in [1.807, 2.05) is 19.1 Å². The predicted octanol–water partition coefficient (Wildman–Crippen LogP) is 1.84. The summed E-state index contributed by atoms with van der Waals surface area (Å²) in [5.74, 6) is 0.476. The molecule has 4 heterocycles. The standard InChI is InChI=1S/C18H20N6O3S/c1-2-8-28(25,26)24-11-14(13-4-3-5-19-9-13)15(12-24)18-22-17(23-27-18)16-10-20-6-7-21-16/h3-7,9-10,14-15H,2,8,11-12H2,1H3/t14-,15+/m0/s1. The molecule has 4 rings (SSSR count). The fourth-order valence-electron chi connectivity index (χ4n) is 3.47. The lowest BCUT2D eigenvalue weighted by Crippen LogP contribution is -2.31. The second kappa shape index (κ2) is 7.72. The van der Waals surface area contributed by atoms with Crippen LogP contribution in [0.1, 0.15) is 36.6 Å². The maximum Gasteiger partial charge on any atom is 0.232 e. The highest BCUT2D eigenvalue weighted by Crippen LogP contribution is 2.40. The SMILES string of the molecule is CCCS(=O)(=O)N1C[C@@H](c2cccnc2)[C@H](c2nc(-c3cnccn3)no2)C1. The molecule has 0 aliphatic carbocycles. The van der Waals surface area contributed by atoms with Gasteiger partial charge in [0, 0.05) is 43.8 Å². The minimum Gasteiger partial charge on any atom is -0.339 e. The Morgan fingerprint density at radius 2 is 1.96 bits per heavy atom. The van der Waals surface area contributed by atoms with E-state index in [-0.39, 0.29) is 17.6 Å². The number of pyridine rings is 1. The van der Waals surface area contributed by atoms with Gasteiger partial charge in [-0.15, -0.1) is 0 Å². The maximum atomic E-state index is 12.6. The summed E-state index contributed by atoms with van der Waals surface area (Å²) in [5.41, 5.74) is 1.45. The highest BCUT2D eigenvalue weighted by molar-refractivity contribution is 7.89. The Morgan fingerprint density at radius 3 is 2.68 bits per heavy atom. The normalized spacial score (nSPS) is 20.5. The van der Waals surface area contributed by atoms with Gasteiger partial charge in [0.25, 0.3) is 0 Å². The van der Waals surface area contributed by atoms with Gasteiger partial charge < -0.3 is 4.52 Å². The van der Waals surface area contributed by atoms with Crippen LogP contribution >= 0.6 is 0 Å². The number of hydrogen-bond donors (Lipinski definition) is 0. The van der Waals surface area contributed by atoms with E-state index in [0.29, 0.717) is 36.9 Å². The number of aromatic nitrogens is 5. The van der Waals surface area contributed by atoms with Crippen molar-refractivity contribution in [3.05, 3.63) is 54.6 Å². The smallest absolute Gasteiger partial charge is 0.232 e. The number of sulfonamides is 1. The Labute approximate surface area is 162 Å². The van der Waals surface area contributed by atoms with E-state index in [9.17, 15) is 8.42 Å². The monoisotopic (exact) mass is 400 g/mol. The zero-order valence-corrected chi connectivity index (χ0v) is 16.2. The molecule has 1 aliphatic heterocycles. The van der Waals surface area contributed by atoms with Gasteiger partial charge in [0.1, 0.15) is 5.69 Å². The topological polar surface area (TPSA) is 115 Å². The van der Waals surface area contributed by atoms with E-state index in [0.717, 1.165) is 5.56 Å².